The lowest BCUT2D eigenvalue weighted by Crippen LogP contribution is -2.56. The quantitative estimate of drug-likeness (QED) is 0.370. The number of carbonyl (C=O) groups excluding carboxylic acids is 1. The van der Waals surface area contributed by atoms with E-state index in [4.69, 9.17) is 10.7 Å². The van der Waals surface area contributed by atoms with E-state index in [1.165, 1.54) is 10.6 Å². The van der Waals surface area contributed by atoms with E-state index in [1.54, 1.807) is 4.90 Å². The molecule has 10 nitrogen and oxygen atoms in total. The topological polar surface area (TPSA) is 125 Å². The first kappa shape index (κ1) is 31.7. The number of nitrogens with two attached hydrogens (primary N) is 1. The zero-order chi connectivity index (χ0) is 30.5. The van der Waals surface area contributed by atoms with Gasteiger partial charge >= 0.3 is 6.03 Å². The summed E-state index contributed by atoms with van der Waals surface area (Å²) in [5, 5.41) is 9.68. The maximum absolute atomic E-state index is 14.3. The lowest BCUT2D eigenvalue weighted by Gasteiger charge is -2.44. The zero-order valence-corrected chi connectivity index (χ0v) is 25.9. The van der Waals surface area contributed by atoms with Crippen LogP contribution in [0.5, 0.6) is 0 Å². The summed E-state index contributed by atoms with van der Waals surface area (Å²) in [4.78, 5) is 23.0. The van der Waals surface area contributed by atoms with E-state index in [2.05, 4.69) is 37.5 Å². The fraction of sp³-hybridized carbons (Fsp3) is 0.484. The molecule has 4 rings (SSSR count). The van der Waals surface area contributed by atoms with Crippen molar-refractivity contribution in [1.29, 1.82) is 0 Å². The molecule has 0 radical (unpaired) electrons. The molecule has 3 N–H and O–H groups in total. The number of aromatic nitrogens is 2. The van der Waals surface area contributed by atoms with Crippen LogP contribution in [0.1, 0.15) is 44.6 Å². The standard InChI is InChI=1S/C31H44N6O4S/c1-31(2,3)28(37(16-15-26(32)23-38)30(39)34-17-19-36(20-18-34)42(4,40)41)29-33-27(25-13-9-6-10-14-25)22-35(29)21-24-11-7-5-8-12-24/h5-14,22,26,28,38H,15-21,23,32H2,1-4H3/t26-,28-/m0/s1. The fourth-order valence-corrected chi connectivity index (χ4v) is 6.25. The second-order valence-corrected chi connectivity index (χ2v) is 14.1. The number of aliphatic hydroxyl groups is 1. The van der Waals surface area contributed by atoms with Gasteiger partial charge in [-0.15, -0.1) is 0 Å². The summed E-state index contributed by atoms with van der Waals surface area (Å²) >= 11 is 0. The normalized spacial score (nSPS) is 16.3. The minimum absolute atomic E-state index is 0.184. The van der Waals surface area contributed by atoms with E-state index in [1.807, 2.05) is 59.6 Å². The molecule has 0 saturated carbocycles. The number of piperazine rings is 1. The summed E-state index contributed by atoms with van der Waals surface area (Å²) in [6.45, 7) is 8.06. The van der Waals surface area contributed by atoms with E-state index < -0.39 is 27.5 Å². The van der Waals surface area contributed by atoms with Crippen molar-refractivity contribution in [2.24, 2.45) is 11.1 Å². The smallest absolute Gasteiger partial charge is 0.320 e. The molecule has 2 heterocycles. The minimum Gasteiger partial charge on any atom is -0.395 e. The van der Waals surface area contributed by atoms with Crippen molar-refractivity contribution in [2.75, 3.05) is 45.6 Å². The maximum Gasteiger partial charge on any atom is 0.320 e. The Hall–Kier alpha value is -3.25. The summed E-state index contributed by atoms with van der Waals surface area (Å²) in [5.74, 6) is 0.755. The summed E-state index contributed by atoms with van der Waals surface area (Å²) < 4.78 is 27.7. The van der Waals surface area contributed by atoms with Gasteiger partial charge in [0.25, 0.3) is 0 Å². The zero-order valence-electron chi connectivity index (χ0n) is 25.1. The molecule has 2 amide bonds. The molecule has 1 aliphatic heterocycles. The lowest BCUT2D eigenvalue weighted by molar-refractivity contribution is 0.0726. The van der Waals surface area contributed by atoms with Gasteiger partial charge in [0.05, 0.1) is 24.6 Å². The molecule has 0 unspecified atom stereocenters. The summed E-state index contributed by atoms with van der Waals surface area (Å²) in [7, 11) is -3.34. The highest BCUT2D eigenvalue weighted by Crippen LogP contribution is 2.40. The Bertz CT molecular complexity index is 1410. The average molecular weight is 597 g/mol. The molecule has 1 fully saturated rings. The molecule has 0 spiro atoms. The number of amides is 2. The molecule has 11 heteroatoms. The maximum atomic E-state index is 14.3. The molecular formula is C31H44N6O4S. The molecular weight excluding hydrogens is 552 g/mol. The molecule has 3 aromatic rings. The first-order valence-electron chi connectivity index (χ1n) is 14.4. The van der Waals surface area contributed by atoms with Crippen molar-refractivity contribution in [2.45, 2.75) is 45.8 Å². The number of aliphatic hydroxyl groups excluding tert-OH is 1. The Labute approximate surface area is 249 Å². The summed E-state index contributed by atoms with van der Waals surface area (Å²) in [5.41, 5.74) is 8.61. The van der Waals surface area contributed by atoms with Crippen molar-refractivity contribution >= 4 is 16.1 Å². The lowest BCUT2D eigenvalue weighted by atomic mass is 9.84. The second kappa shape index (κ2) is 13.4. The third-order valence-electron chi connectivity index (χ3n) is 7.65. The van der Waals surface area contributed by atoms with Gasteiger partial charge in [-0.2, -0.15) is 4.31 Å². The van der Waals surface area contributed by atoms with Gasteiger partial charge < -0.3 is 25.2 Å². The molecule has 2 atom stereocenters. The number of carbonyl (C=O) groups is 1. The molecule has 42 heavy (non-hydrogen) atoms. The van der Waals surface area contributed by atoms with Crippen LogP contribution in [0.15, 0.2) is 66.9 Å². The Kier molecular flexibility index (Phi) is 10.1. The van der Waals surface area contributed by atoms with Gasteiger partial charge in [-0.25, -0.2) is 18.2 Å². The van der Waals surface area contributed by atoms with Gasteiger partial charge in [0, 0.05) is 57.1 Å². The van der Waals surface area contributed by atoms with Crippen molar-refractivity contribution in [3.05, 3.63) is 78.2 Å². The van der Waals surface area contributed by atoms with Crippen LogP contribution < -0.4 is 5.73 Å². The Morgan fingerprint density at radius 3 is 2.17 bits per heavy atom. The summed E-state index contributed by atoms with van der Waals surface area (Å²) in [6, 6.07) is 19.0. The number of rotatable bonds is 10. The van der Waals surface area contributed by atoms with Crippen LogP contribution in [0, 0.1) is 5.41 Å². The van der Waals surface area contributed by atoms with E-state index in [0.717, 1.165) is 22.6 Å². The molecule has 228 valence electrons. The van der Waals surface area contributed by atoms with Crippen LogP contribution in [0.2, 0.25) is 0 Å². The number of benzene rings is 2. The van der Waals surface area contributed by atoms with Crippen molar-refractivity contribution in [1.82, 2.24) is 23.7 Å². The first-order valence-corrected chi connectivity index (χ1v) is 16.3. The fourth-order valence-electron chi connectivity index (χ4n) is 5.42. The Morgan fingerprint density at radius 1 is 1.02 bits per heavy atom. The van der Waals surface area contributed by atoms with Crippen molar-refractivity contribution in [3.8, 4) is 11.3 Å². The highest BCUT2D eigenvalue weighted by atomic mass is 32.2. The van der Waals surface area contributed by atoms with E-state index in [0.29, 0.717) is 32.6 Å². The molecule has 1 saturated heterocycles. The highest BCUT2D eigenvalue weighted by molar-refractivity contribution is 7.88. The second-order valence-electron chi connectivity index (χ2n) is 12.1. The van der Waals surface area contributed by atoms with Gasteiger partial charge in [0.1, 0.15) is 5.82 Å². The van der Waals surface area contributed by atoms with E-state index >= 15 is 0 Å². The van der Waals surface area contributed by atoms with Crippen LogP contribution in [-0.2, 0) is 16.6 Å². The number of sulfonamides is 1. The monoisotopic (exact) mass is 596 g/mol. The molecule has 0 bridgehead atoms. The molecule has 2 aromatic carbocycles. The average Bonchev–Trinajstić information content (AvgIpc) is 3.37. The number of hydrogen-bond donors (Lipinski definition) is 2. The van der Waals surface area contributed by atoms with Crippen LogP contribution >= 0.6 is 0 Å². The van der Waals surface area contributed by atoms with Gasteiger partial charge in [0.15, 0.2) is 0 Å². The number of imidazole rings is 1. The molecule has 1 aliphatic rings. The molecule has 1 aromatic heterocycles. The highest BCUT2D eigenvalue weighted by Gasteiger charge is 2.40. The van der Waals surface area contributed by atoms with Crippen LogP contribution in [0.3, 0.4) is 0 Å². The number of hydrogen-bond acceptors (Lipinski definition) is 6. The van der Waals surface area contributed by atoms with Crippen LogP contribution in [-0.4, -0.2) is 94.8 Å². The third-order valence-corrected chi connectivity index (χ3v) is 8.95. The largest absolute Gasteiger partial charge is 0.395 e. The first-order chi connectivity index (χ1) is 19.9. The van der Waals surface area contributed by atoms with Gasteiger partial charge in [0.2, 0.25) is 10.0 Å². The predicted octanol–water partition coefficient (Wildman–Crippen LogP) is 3.39. The van der Waals surface area contributed by atoms with Gasteiger partial charge in [-0.3, -0.25) is 0 Å². The van der Waals surface area contributed by atoms with Gasteiger partial charge in [-0.1, -0.05) is 81.4 Å². The molecule has 0 aliphatic carbocycles. The van der Waals surface area contributed by atoms with Crippen LogP contribution in [0.4, 0.5) is 4.79 Å². The van der Waals surface area contributed by atoms with Crippen LogP contribution in [0.25, 0.3) is 11.3 Å². The predicted molar refractivity (Wildman–Crippen MR) is 165 cm³/mol. The van der Waals surface area contributed by atoms with E-state index in [-0.39, 0.29) is 25.7 Å². The number of urea groups is 1. The summed E-state index contributed by atoms with van der Waals surface area (Å²) in [6.07, 6.45) is 3.64. The van der Waals surface area contributed by atoms with Gasteiger partial charge in [-0.05, 0) is 17.4 Å². The SMILES string of the molecule is CC(C)(C)[C@H](c1nc(-c2ccccc2)cn1Cc1ccccc1)N(CC[C@H](N)CO)C(=O)N1CCN(S(C)(=O)=O)CC1. The third kappa shape index (κ3) is 7.77. The number of nitrogens with zero attached hydrogens (tertiary/aromatic N) is 5. The van der Waals surface area contributed by atoms with Crippen molar-refractivity contribution < 1.29 is 18.3 Å². The Morgan fingerprint density at radius 2 is 1.62 bits per heavy atom. The Balaban J connectivity index is 1.78. The van der Waals surface area contributed by atoms with E-state index in [9.17, 15) is 18.3 Å². The van der Waals surface area contributed by atoms with Crippen molar-refractivity contribution in [3.63, 3.8) is 0 Å². The minimum atomic E-state index is -3.34.